The van der Waals surface area contributed by atoms with Gasteiger partial charge >= 0.3 is 6.09 Å². The molecule has 0 aromatic carbocycles. The smallest absolute Gasteiger partial charge is 0.410 e. The second kappa shape index (κ2) is 6.89. The summed E-state index contributed by atoms with van der Waals surface area (Å²) in [6.45, 7) is 13.0. The van der Waals surface area contributed by atoms with E-state index in [9.17, 15) is 9.35 Å². The van der Waals surface area contributed by atoms with Crippen molar-refractivity contribution in [3.63, 3.8) is 0 Å². The molecule has 2 aliphatic rings. The minimum Gasteiger partial charge on any atom is -0.598 e. The van der Waals surface area contributed by atoms with Crippen LogP contribution in [0.15, 0.2) is 12.2 Å². The van der Waals surface area contributed by atoms with E-state index in [1.807, 2.05) is 41.5 Å². The first-order valence-electron chi connectivity index (χ1n) is 8.76. The molecule has 0 bridgehead atoms. The molecule has 1 saturated heterocycles. The van der Waals surface area contributed by atoms with Gasteiger partial charge in [-0.2, -0.15) is 0 Å². The number of allylic oxidation sites excluding steroid dienone is 1. The van der Waals surface area contributed by atoms with Crippen LogP contribution in [0.2, 0.25) is 0 Å². The van der Waals surface area contributed by atoms with Crippen LogP contribution in [-0.4, -0.2) is 45.0 Å². The van der Waals surface area contributed by atoms with Crippen molar-refractivity contribution in [2.75, 3.05) is 13.1 Å². The minimum atomic E-state index is -1.09. The van der Waals surface area contributed by atoms with Gasteiger partial charge in [0.25, 0.3) is 0 Å². The van der Waals surface area contributed by atoms with E-state index >= 15 is 0 Å². The predicted octanol–water partition coefficient (Wildman–Crippen LogP) is 3.38. The van der Waals surface area contributed by atoms with E-state index in [4.69, 9.17) is 4.74 Å². The van der Waals surface area contributed by atoms with Crippen LogP contribution in [0.1, 0.15) is 60.8 Å². The molecule has 0 aromatic heterocycles. The summed E-state index contributed by atoms with van der Waals surface area (Å²) in [5.41, 5.74) is -0.395. The molecule has 0 radical (unpaired) electrons. The van der Waals surface area contributed by atoms with Gasteiger partial charge in [0.1, 0.15) is 10.3 Å². The van der Waals surface area contributed by atoms with Crippen LogP contribution in [0.5, 0.6) is 0 Å². The van der Waals surface area contributed by atoms with E-state index in [1.54, 1.807) is 4.90 Å². The molecule has 1 amide bonds. The van der Waals surface area contributed by atoms with Gasteiger partial charge in [0, 0.05) is 29.9 Å². The molecule has 0 aromatic rings. The number of hydrogen-bond donors (Lipinski definition) is 1. The van der Waals surface area contributed by atoms with Gasteiger partial charge in [0.15, 0.2) is 0 Å². The third kappa shape index (κ3) is 4.67. The highest BCUT2D eigenvalue weighted by Gasteiger charge is 2.46. The zero-order chi connectivity index (χ0) is 18.2. The number of rotatable bonds is 2. The number of hydrogen-bond acceptors (Lipinski definition) is 4. The van der Waals surface area contributed by atoms with Crippen LogP contribution in [0, 0.1) is 5.41 Å². The van der Waals surface area contributed by atoms with Crippen LogP contribution in [0.25, 0.3) is 0 Å². The minimum absolute atomic E-state index is 0.0689. The summed E-state index contributed by atoms with van der Waals surface area (Å²) in [6.07, 6.45) is 6.88. The Morgan fingerprint density at radius 1 is 1.25 bits per heavy atom. The molecule has 2 rings (SSSR count). The zero-order valence-electron chi connectivity index (χ0n) is 15.8. The number of nitrogens with one attached hydrogen (secondary N) is 1. The number of nitrogens with zero attached hydrogens (tertiary/aromatic N) is 1. The van der Waals surface area contributed by atoms with Gasteiger partial charge in [-0.1, -0.05) is 12.2 Å². The van der Waals surface area contributed by atoms with E-state index < -0.39 is 17.0 Å². The van der Waals surface area contributed by atoms with E-state index in [2.05, 4.69) is 16.9 Å². The molecule has 138 valence electrons. The lowest BCUT2D eigenvalue weighted by Gasteiger charge is -2.43. The van der Waals surface area contributed by atoms with Crippen LogP contribution < -0.4 is 4.72 Å². The standard InChI is InChI=1S/C18H32N2O3S/c1-16(2,3)23-15(21)20-12-10-18(11-13-20)9-7-8-14(18)19-24(22)17(4,5)6/h7-8,14,19H,9-13H2,1-6H3. The predicted molar refractivity (Wildman–Crippen MR) is 98.1 cm³/mol. The molecule has 1 aliphatic heterocycles. The number of carbonyl (C=O) groups is 1. The summed E-state index contributed by atoms with van der Waals surface area (Å²) >= 11 is -1.09. The molecular weight excluding hydrogens is 324 g/mol. The lowest BCUT2D eigenvalue weighted by Crippen LogP contribution is -2.54. The molecule has 5 nitrogen and oxygen atoms in total. The van der Waals surface area contributed by atoms with Crippen LogP contribution in [0.3, 0.4) is 0 Å². The second-order valence-electron chi connectivity index (χ2n) is 8.94. The van der Waals surface area contributed by atoms with Crippen molar-refractivity contribution in [1.82, 2.24) is 9.62 Å². The van der Waals surface area contributed by atoms with Crippen LogP contribution in [0.4, 0.5) is 4.79 Å². The fraction of sp³-hybridized carbons (Fsp3) is 0.833. The molecule has 2 atom stereocenters. The maximum atomic E-state index is 12.5. The van der Waals surface area contributed by atoms with E-state index in [0.29, 0.717) is 13.1 Å². The van der Waals surface area contributed by atoms with Gasteiger partial charge < -0.3 is 14.2 Å². The average Bonchev–Trinajstić information content (AvgIpc) is 2.79. The van der Waals surface area contributed by atoms with Crippen molar-refractivity contribution in [3.8, 4) is 0 Å². The van der Waals surface area contributed by atoms with E-state index in [1.165, 1.54) is 0 Å². The average molecular weight is 357 g/mol. The second-order valence-corrected chi connectivity index (χ2v) is 10.9. The fourth-order valence-electron chi connectivity index (χ4n) is 3.20. The highest BCUT2D eigenvalue weighted by atomic mass is 32.2. The highest BCUT2D eigenvalue weighted by molar-refractivity contribution is 7.90. The topological polar surface area (TPSA) is 64.6 Å². The van der Waals surface area contributed by atoms with Gasteiger partial charge in [-0.3, -0.25) is 0 Å². The van der Waals surface area contributed by atoms with Gasteiger partial charge in [0.2, 0.25) is 0 Å². The number of ether oxygens (including phenoxy) is 1. The first kappa shape index (κ1) is 19.6. The lowest BCUT2D eigenvalue weighted by molar-refractivity contribution is 0.00912. The molecule has 6 heteroatoms. The Hall–Kier alpha value is -0.720. The van der Waals surface area contributed by atoms with Crippen molar-refractivity contribution in [3.05, 3.63) is 12.2 Å². The summed E-state index contributed by atoms with van der Waals surface area (Å²) in [7, 11) is 0. The van der Waals surface area contributed by atoms with Crippen molar-refractivity contribution in [2.45, 2.75) is 77.2 Å². The van der Waals surface area contributed by atoms with Gasteiger partial charge in [-0.05, 0) is 60.8 Å². The maximum absolute atomic E-state index is 12.5. The highest BCUT2D eigenvalue weighted by Crippen LogP contribution is 2.43. The lowest BCUT2D eigenvalue weighted by atomic mass is 9.74. The quantitative estimate of drug-likeness (QED) is 0.608. The van der Waals surface area contributed by atoms with Crippen LogP contribution in [-0.2, 0) is 16.1 Å². The molecule has 1 spiro atoms. The first-order valence-corrected chi connectivity index (χ1v) is 9.91. The molecule has 1 aliphatic carbocycles. The van der Waals surface area contributed by atoms with Gasteiger partial charge in [-0.15, -0.1) is 4.72 Å². The summed E-state index contributed by atoms with van der Waals surface area (Å²) < 4.78 is 21.0. The fourth-order valence-corrected chi connectivity index (χ4v) is 4.12. The maximum Gasteiger partial charge on any atom is 0.410 e. The van der Waals surface area contributed by atoms with Crippen molar-refractivity contribution < 1.29 is 14.1 Å². The number of piperidine rings is 1. The van der Waals surface area contributed by atoms with Crippen molar-refractivity contribution >= 4 is 17.5 Å². The molecule has 0 saturated carbocycles. The molecular formula is C18H32N2O3S. The Kier molecular flexibility index (Phi) is 5.62. The number of carbonyl (C=O) groups excluding carboxylic acids is 1. The number of amides is 1. The first-order chi connectivity index (χ1) is 10.9. The summed E-state index contributed by atoms with van der Waals surface area (Å²) in [5.74, 6) is 0. The molecule has 1 N–H and O–H groups in total. The Balaban J connectivity index is 1.95. The Morgan fingerprint density at radius 3 is 2.33 bits per heavy atom. The SMILES string of the molecule is CC(C)(C)OC(=O)N1CCC2(CC=CC2N[S+]([O-])C(C)(C)C)CC1. The normalized spacial score (nSPS) is 25.1. The Labute approximate surface area is 149 Å². The molecule has 1 heterocycles. The number of likely N-dealkylation sites (tertiary alicyclic amines) is 1. The van der Waals surface area contributed by atoms with Crippen molar-refractivity contribution in [1.29, 1.82) is 0 Å². The largest absolute Gasteiger partial charge is 0.598 e. The Morgan fingerprint density at radius 2 is 1.83 bits per heavy atom. The van der Waals surface area contributed by atoms with E-state index in [0.717, 1.165) is 19.3 Å². The monoisotopic (exact) mass is 356 g/mol. The molecule has 24 heavy (non-hydrogen) atoms. The summed E-state index contributed by atoms with van der Waals surface area (Å²) in [5, 5.41) is 0. The third-order valence-electron chi connectivity index (χ3n) is 4.71. The van der Waals surface area contributed by atoms with Crippen LogP contribution >= 0.6 is 0 Å². The van der Waals surface area contributed by atoms with E-state index in [-0.39, 0.29) is 22.3 Å². The molecule has 1 fully saturated rings. The summed E-state index contributed by atoms with van der Waals surface area (Å²) in [6, 6.07) is 0.110. The summed E-state index contributed by atoms with van der Waals surface area (Å²) in [4.78, 5) is 14.0. The Bertz CT molecular complexity index is 485. The van der Waals surface area contributed by atoms with Gasteiger partial charge in [0.05, 0.1) is 6.04 Å². The zero-order valence-corrected chi connectivity index (χ0v) is 16.7. The van der Waals surface area contributed by atoms with Crippen molar-refractivity contribution in [2.24, 2.45) is 5.41 Å². The third-order valence-corrected chi connectivity index (χ3v) is 6.29. The van der Waals surface area contributed by atoms with Gasteiger partial charge in [-0.25, -0.2) is 4.79 Å². The molecule has 2 unspecified atom stereocenters.